The van der Waals surface area contributed by atoms with E-state index in [1.807, 2.05) is 32.9 Å². The number of carbonyl (C=O) groups is 3. The summed E-state index contributed by atoms with van der Waals surface area (Å²) in [5.74, 6) is 26.0. The third-order valence-corrected chi connectivity index (χ3v) is 22.6. The summed E-state index contributed by atoms with van der Waals surface area (Å²) >= 11 is 0. The van der Waals surface area contributed by atoms with Crippen molar-refractivity contribution in [2.45, 2.75) is 229 Å². The number of carboxylic acid groups (broad SMARTS) is 1. The maximum Gasteiger partial charge on any atom is 0.303 e. The Hall–Kier alpha value is -4.29. The molecule has 91 heavy (non-hydrogen) atoms. The lowest BCUT2D eigenvalue weighted by Gasteiger charge is -2.20. The number of aliphatic hydroxyl groups is 2. The van der Waals surface area contributed by atoms with Crippen LogP contribution in [0.2, 0.25) is 0 Å². The Morgan fingerprint density at radius 2 is 0.901 bits per heavy atom. The Morgan fingerprint density at radius 3 is 1.26 bits per heavy atom. The Kier molecular flexibility index (Phi) is 35.5. The smallest absolute Gasteiger partial charge is 0.303 e. The van der Waals surface area contributed by atoms with Crippen molar-refractivity contribution in [3.8, 4) is 35.5 Å². The molecular weight excluding hydrogens is 1180 g/mol. The van der Waals surface area contributed by atoms with Crippen molar-refractivity contribution in [1.29, 1.82) is 0 Å². The van der Waals surface area contributed by atoms with E-state index in [1.165, 1.54) is 56.9 Å². The molecular formula is C78H120O11S2. The van der Waals surface area contributed by atoms with Gasteiger partial charge in [0.05, 0.1) is 12.2 Å². The molecule has 0 spiro atoms. The van der Waals surface area contributed by atoms with Gasteiger partial charge in [-0.15, -0.1) is 35.5 Å². The van der Waals surface area contributed by atoms with Crippen molar-refractivity contribution < 1.29 is 51.3 Å². The average Bonchev–Trinajstić information content (AvgIpc) is 1.91. The zero-order valence-corrected chi connectivity index (χ0v) is 59.7. The molecule has 3 unspecified atom stereocenters. The number of Topliss-reactive ketones (excluding diaryl/α,β-unsaturated/α-hetero) is 2. The van der Waals surface area contributed by atoms with Crippen LogP contribution in [-0.2, 0) is 38.8 Å². The molecule has 6 saturated carbocycles. The minimum atomic E-state index is -3.24. The number of allylic oxidation sites excluding steroid dienone is 10. The number of ether oxygens (including phenoxy) is 1. The summed E-state index contributed by atoms with van der Waals surface area (Å²) in [5, 5.41) is 29.6. The largest absolute Gasteiger partial charge is 0.481 e. The second-order valence-electron chi connectivity index (χ2n) is 28.8. The van der Waals surface area contributed by atoms with Gasteiger partial charge in [-0.1, -0.05) is 120 Å². The third kappa shape index (κ3) is 29.5. The van der Waals surface area contributed by atoms with E-state index in [9.17, 15) is 41.4 Å². The number of carboxylic acids is 1. The number of aliphatic hydroxyl groups excluding tert-OH is 2. The zero-order valence-electron chi connectivity index (χ0n) is 58.1. The first kappa shape index (κ1) is 79.1. The number of aliphatic carboxylic acids is 1. The highest BCUT2D eigenvalue weighted by molar-refractivity contribution is 7.91. The minimum Gasteiger partial charge on any atom is -0.481 e. The SMILES string of the molecule is C1CCOC1.CC#CCC(C)[C@H](C)/C=C/[C@@H]1[C@H]2C/C(=C/CCCC(=O)CS(C)(=O)=O)C[C@H]2C[C@H]1C.CC#CCC(C)[C@H](C)/C=C/[C@@H]1[C@H]2C/C(=C/CCCC(=O)O)C[C@H]2C[C@H]1C.CC#CCC(C)[C@H](O)/C=C/[C@@H]1[C@H]2C/C(=C/CCCC(=O)CS(C)(=O)=O)C[C@H]2C[C@H]1O. The molecule has 0 bridgehead atoms. The number of sulfone groups is 2. The number of hydrogen-bond acceptors (Lipinski definition) is 10. The average molecular weight is 1300 g/mol. The van der Waals surface area contributed by atoms with Gasteiger partial charge in [0, 0.05) is 70.2 Å². The topological polar surface area (TPSA) is 189 Å². The molecule has 7 fully saturated rings. The highest BCUT2D eigenvalue weighted by Crippen LogP contribution is 2.55. The summed E-state index contributed by atoms with van der Waals surface area (Å²) in [6, 6.07) is 0. The number of ketones is 2. The summed E-state index contributed by atoms with van der Waals surface area (Å²) in [6.45, 7) is 23.6. The molecule has 11 nitrogen and oxygen atoms in total. The normalized spacial score (nSPS) is 29.8. The molecule has 0 radical (unpaired) electrons. The van der Waals surface area contributed by atoms with Gasteiger partial charge in [-0.25, -0.2) is 16.8 Å². The maximum absolute atomic E-state index is 11.7. The van der Waals surface area contributed by atoms with Crippen LogP contribution in [-0.4, -0.2) is 99.1 Å². The molecule has 0 aromatic carbocycles. The van der Waals surface area contributed by atoms with Crippen molar-refractivity contribution in [2.75, 3.05) is 37.2 Å². The van der Waals surface area contributed by atoms with Gasteiger partial charge in [-0.05, 0) is 219 Å². The lowest BCUT2D eigenvalue weighted by Crippen LogP contribution is -2.19. The molecule has 1 saturated heterocycles. The van der Waals surface area contributed by atoms with E-state index in [0.717, 1.165) is 125 Å². The van der Waals surface area contributed by atoms with Crippen molar-refractivity contribution in [1.82, 2.24) is 0 Å². The van der Waals surface area contributed by atoms with E-state index in [4.69, 9.17) is 9.84 Å². The van der Waals surface area contributed by atoms with Crippen LogP contribution >= 0.6 is 0 Å². The van der Waals surface area contributed by atoms with E-state index in [2.05, 4.69) is 120 Å². The van der Waals surface area contributed by atoms with Crippen LogP contribution in [0, 0.1) is 130 Å². The van der Waals surface area contributed by atoms with Crippen LogP contribution in [0.1, 0.15) is 217 Å². The molecule has 18 atom stereocenters. The summed E-state index contributed by atoms with van der Waals surface area (Å²) < 4.78 is 49.6. The number of carbonyl (C=O) groups excluding carboxylic acids is 2. The molecule has 510 valence electrons. The van der Waals surface area contributed by atoms with Gasteiger partial charge in [0.15, 0.2) is 19.7 Å². The van der Waals surface area contributed by atoms with Crippen molar-refractivity contribution >= 4 is 37.2 Å². The van der Waals surface area contributed by atoms with Gasteiger partial charge in [-0.3, -0.25) is 14.4 Å². The number of fused-ring (bicyclic) bond motifs is 3. The van der Waals surface area contributed by atoms with E-state index in [0.29, 0.717) is 73.0 Å². The predicted molar refractivity (Wildman–Crippen MR) is 374 cm³/mol. The summed E-state index contributed by atoms with van der Waals surface area (Å²) in [4.78, 5) is 34.0. The van der Waals surface area contributed by atoms with Gasteiger partial charge in [0.1, 0.15) is 23.1 Å². The van der Waals surface area contributed by atoms with Gasteiger partial charge < -0.3 is 20.1 Å². The molecule has 7 aliphatic rings. The molecule has 1 heterocycles. The molecule has 13 heteroatoms. The predicted octanol–water partition coefficient (Wildman–Crippen LogP) is 15.6. The summed E-state index contributed by atoms with van der Waals surface area (Å²) in [6.07, 6.45) is 43.0. The maximum atomic E-state index is 11.7. The lowest BCUT2D eigenvalue weighted by molar-refractivity contribution is -0.137. The fourth-order valence-corrected chi connectivity index (χ4v) is 16.7. The van der Waals surface area contributed by atoms with Gasteiger partial charge in [-0.2, -0.15) is 0 Å². The lowest BCUT2D eigenvalue weighted by atomic mass is 9.85. The van der Waals surface area contributed by atoms with Gasteiger partial charge in [0.2, 0.25) is 0 Å². The summed E-state index contributed by atoms with van der Waals surface area (Å²) in [5.41, 5.74) is 4.50. The first-order valence-corrected chi connectivity index (χ1v) is 39.1. The quantitative estimate of drug-likeness (QED) is 0.0384. The van der Waals surface area contributed by atoms with E-state index < -0.39 is 31.7 Å². The van der Waals surface area contributed by atoms with Crippen LogP contribution in [0.3, 0.4) is 0 Å². The number of rotatable bonds is 28. The van der Waals surface area contributed by atoms with Gasteiger partial charge >= 0.3 is 5.97 Å². The Morgan fingerprint density at radius 1 is 0.538 bits per heavy atom. The monoisotopic (exact) mass is 1300 g/mol. The molecule has 0 aromatic heterocycles. The van der Waals surface area contributed by atoms with E-state index in [1.54, 1.807) is 18.1 Å². The van der Waals surface area contributed by atoms with Crippen LogP contribution in [0.5, 0.6) is 0 Å². The molecule has 1 aliphatic heterocycles. The Balaban J connectivity index is 0.000000280. The molecule has 0 aromatic rings. The standard InChI is InChI=1S/C26H40O3S.C24H36O5S.C24H36O2.C4H8O/c1-6-7-10-19(2)20(3)13-14-25-21(4)15-23-16-22(17-26(23)25)11-8-9-12-24(27)18-30(5,28)29;1-4-5-8-17(2)23(26)12-11-21-22-14-18(13-19(22)15-24(21)27)9-6-7-10-20(25)16-30(3,28)29;1-5-6-9-17(2)18(3)12-13-22-19(4)14-21-15-20(16-23(21)22)10-7-8-11-24(25)26;1-2-4-5-3-1/h11,13-14,19-21,23,25-26H,8-10,12,15-18H2,1-5H3;9,11-12,17,19,21-24,26-27H,6-8,10,13-16H2,1-3H3;10,12-13,17-19,21-23H,7-9,11,14-16H2,1-4H3,(H,25,26);1-4H2/b14-13+,22-11+;12-11+,18-9+;13-12+,20-10+;/t19?,20-,21-,23-,25+,26+;17?,19-,21+,22-,23+,24+;17?,18-,19-,21-,22+,23+;/m101./s1. The van der Waals surface area contributed by atoms with Crippen LogP contribution in [0.15, 0.2) is 71.4 Å². The van der Waals surface area contributed by atoms with Crippen molar-refractivity contribution in [3.63, 3.8) is 0 Å². The highest BCUT2D eigenvalue weighted by Gasteiger charge is 2.46. The molecule has 6 aliphatic carbocycles. The second kappa shape index (κ2) is 40.8. The van der Waals surface area contributed by atoms with Gasteiger partial charge in [0.25, 0.3) is 0 Å². The van der Waals surface area contributed by atoms with Crippen LogP contribution in [0.25, 0.3) is 0 Å². The summed E-state index contributed by atoms with van der Waals surface area (Å²) in [7, 11) is -6.44. The first-order valence-electron chi connectivity index (χ1n) is 34.9. The first-order chi connectivity index (χ1) is 43.1. The highest BCUT2D eigenvalue weighted by atomic mass is 32.2. The number of hydrogen-bond donors (Lipinski definition) is 3. The fraction of sp³-hybridized carbons (Fsp3) is 0.731. The Labute approximate surface area is 553 Å². The Bertz CT molecular complexity index is 2760. The zero-order chi connectivity index (χ0) is 67.3. The molecule has 0 amide bonds. The third-order valence-electron chi connectivity index (χ3n) is 20.9. The molecule has 3 N–H and O–H groups in total. The molecule has 7 rings (SSSR count). The van der Waals surface area contributed by atoms with Crippen LogP contribution in [0.4, 0.5) is 0 Å². The van der Waals surface area contributed by atoms with Crippen LogP contribution < -0.4 is 0 Å². The second-order valence-corrected chi connectivity index (χ2v) is 33.1. The van der Waals surface area contributed by atoms with E-state index >= 15 is 0 Å². The van der Waals surface area contributed by atoms with E-state index in [-0.39, 0.29) is 47.4 Å². The van der Waals surface area contributed by atoms with Crippen molar-refractivity contribution in [2.24, 2.45) is 94.7 Å². The fourth-order valence-electron chi connectivity index (χ4n) is 15.3. The minimum absolute atomic E-state index is 0.0625. The number of unbranched alkanes of at least 4 members (excludes halogenated alkanes) is 3. The van der Waals surface area contributed by atoms with Crippen molar-refractivity contribution in [3.05, 3.63) is 71.4 Å².